The summed E-state index contributed by atoms with van der Waals surface area (Å²) in [6.07, 6.45) is 0.0804. The van der Waals surface area contributed by atoms with Gasteiger partial charge in [-0.1, -0.05) is 12.1 Å². The number of rotatable bonds is 6. The van der Waals surface area contributed by atoms with Gasteiger partial charge in [0.05, 0.1) is 15.9 Å². The normalized spacial score (nSPS) is 11.9. The number of nitrogens with one attached hydrogen (secondary N) is 1. The van der Waals surface area contributed by atoms with E-state index in [0.717, 1.165) is 26.5 Å². The standard InChI is InChI=1S/C21H26N4O4S/c1-14-12-16(30(28,29)23(3)4)13-17(15(14)2)22-20(26)10-11-25-19-9-7-6-8-18(19)24(5)21(25)27/h6-9,12-13H,10-11H2,1-5H3,(H,22,26). The first-order valence-electron chi connectivity index (χ1n) is 9.52. The Morgan fingerprint density at radius 2 is 1.73 bits per heavy atom. The van der Waals surface area contributed by atoms with E-state index in [9.17, 15) is 18.0 Å². The second kappa shape index (κ2) is 8.08. The van der Waals surface area contributed by atoms with Crippen molar-refractivity contribution in [3.63, 3.8) is 0 Å². The SMILES string of the molecule is Cc1cc(S(=O)(=O)N(C)C)cc(NC(=O)CCn2c(=O)n(C)c3ccccc32)c1C. The lowest BCUT2D eigenvalue weighted by Crippen LogP contribution is -2.25. The number of anilines is 1. The molecule has 1 N–H and O–H groups in total. The minimum Gasteiger partial charge on any atom is -0.326 e. The smallest absolute Gasteiger partial charge is 0.326 e. The Balaban J connectivity index is 1.83. The highest BCUT2D eigenvalue weighted by Crippen LogP contribution is 2.25. The van der Waals surface area contributed by atoms with E-state index in [0.29, 0.717) is 5.69 Å². The Morgan fingerprint density at radius 3 is 2.37 bits per heavy atom. The third-order valence-corrected chi connectivity index (χ3v) is 7.10. The molecule has 3 aromatic rings. The molecule has 0 aliphatic heterocycles. The maximum Gasteiger partial charge on any atom is 0.328 e. The number of nitrogens with zero attached hydrogens (tertiary/aromatic N) is 3. The van der Waals surface area contributed by atoms with E-state index in [-0.39, 0.29) is 29.5 Å². The van der Waals surface area contributed by atoms with Crippen LogP contribution in [0.5, 0.6) is 0 Å². The molecule has 1 amide bonds. The van der Waals surface area contributed by atoms with E-state index in [1.807, 2.05) is 31.2 Å². The molecule has 0 radical (unpaired) electrons. The van der Waals surface area contributed by atoms with E-state index < -0.39 is 10.0 Å². The van der Waals surface area contributed by atoms with Crippen LogP contribution >= 0.6 is 0 Å². The zero-order valence-corrected chi connectivity index (χ0v) is 18.6. The number of carbonyl (C=O) groups excluding carboxylic acids is 1. The fourth-order valence-corrected chi connectivity index (χ4v) is 4.34. The summed E-state index contributed by atoms with van der Waals surface area (Å²) < 4.78 is 29.2. The van der Waals surface area contributed by atoms with Crippen LogP contribution in [0.15, 0.2) is 46.1 Å². The van der Waals surface area contributed by atoms with Crippen LogP contribution in [-0.4, -0.2) is 41.9 Å². The first kappa shape index (κ1) is 21.8. The fourth-order valence-electron chi connectivity index (χ4n) is 3.32. The summed E-state index contributed by atoms with van der Waals surface area (Å²) in [5, 5.41) is 2.80. The maximum atomic E-state index is 12.6. The maximum absolute atomic E-state index is 12.6. The van der Waals surface area contributed by atoms with Crippen LogP contribution in [0.25, 0.3) is 11.0 Å². The molecular formula is C21H26N4O4S. The van der Waals surface area contributed by atoms with Crippen molar-refractivity contribution in [2.24, 2.45) is 7.05 Å². The van der Waals surface area contributed by atoms with Crippen molar-refractivity contribution in [2.75, 3.05) is 19.4 Å². The summed E-state index contributed by atoms with van der Waals surface area (Å²) in [7, 11) is 1.00. The lowest BCUT2D eigenvalue weighted by Gasteiger charge is -2.16. The Bertz CT molecular complexity index is 1290. The van der Waals surface area contributed by atoms with E-state index in [4.69, 9.17) is 0 Å². The van der Waals surface area contributed by atoms with Crippen LogP contribution in [-0.2, 0) is 28.4 Å². The van der Waals surface area contributed by atoms with Crippen LogP contribution in [0, 0.1) is 13.8 Å². The molecule has 0 bridgehead atoms. The van der Waals surface area contributed by atoms with Gasteiger partial charge in [0.15, 0.2) is 0 Å². The molecule has 30 heavy (non-hydrogen) atoms. The van der Waals surface area contributed by atoms with Crippen molar-refractivity contribution in [3.8, 4) is 0 Å². The van der Waals surface area contributed by atoms with Crippen molar-refractivity contribution < 1.29 is 13.2 Å². The highest BCUT2D eigenvalue weighted by molar-refractivity contribution is 7.89. The Kier molecular flexibility index (Phi) is 5.87. The molecule has 8 nitrogen and oxygen atoms in total. The fraction of sp³-hybridized carbons (Fsp3) is 0.333. The molecule has 0 atom stereocenters. The Morgan fingerprint density at radius 1 is 1.10 bits per heavy atom. The molecule has 0 saturated heterocycles. The summed E-state index contributed by atoms with van der Waals surface area (Å²) in [5.74, 6) is -0.295. The van der Waals surface area contributed by atoms with Crippen LogP contribution in [0.1, 0.15) is 17.5 Å². The summed E-state index contributed by atoms with van der Waals surface area (Å²) >= 11 is 0. The van der Waals surface area contributed by atoms with Crippen LogP contribution in [0.2, 0.25) is 0 Å². The zero-order chi connectivity index (χ0) is 22.2. The van der Waals surface area contributed by atoms with E-state index in [1.165, 1.54) is 20.2 Å². The zero-order valence-electron chi connectivity index (χ0n) is 17.8. The predicted octanol–water partition coefficient (Wildman–Crippen LogP) is 2.24. The number of hydrogen-bond donors (Lipinski definition) is 1. The summed E-state index contributed by atoms with van der Waals surface area (Å²) in [4.78, 5) is 25.2. The van der Waals surface area contributed by atoms with Gasteiger partial charge in [-0.05, 0) is 49.2 Å². The molecule has 3 rings (SSSR count). The van der Waals surface area contributed by atoms with Crippen molar-refractivity contribution in [1.82, 2.24) is 13.4 Å². The van der Waals surface area contributed by atoms with Crippen LogP contribution in [0.3, 0.4) is 0 Å². The van der Waals surface area contributed by atoms with Crippen molar-refractivity contribution >= 4 is 32.7 Å². The third-order valence-electron chi connectivity index (χ3n) is 5.31. The Hall–Kier alpha value is -2.91. The largest absolute Gasteiger partial charge is 0.328 e. The quantitative estimate of drug-likeness (QED) is 0.649. The number of fused-ring (bicyclic) bond motifs is 1. The number of hydrogen-bond acceptors (Lipinski definition) is 4. The van der Waals surface area contributed by atoms with Gasteiger partial charge in [-0.2, -0.15) is 0 Å². The number of carbonyl (C=O) groups is 1. The molecule has 0 spiro atoms. The first-order chi connectivity index (χ1) is 14.0. The molecule has 0 unspecified atom stereocenters. The average molecular weight is 431 g/mol. The van der Waals surface area contributed by atoms with Gasteiger partial charge in [-0.15, -0.1) is 0 Å². The number of aromatic nitrogens is 2. The van der Waals surface area contributed by atoms with Gasteiger partial charge in [0.2, 0.25) is 15.9 Å². The molecule has 9 heteroatoms. The topological polar surface area (TPSA) is 93.4 Å². The van der Waals surface area contributed by atoms with Crippen molar-refractivity contribution in [1.29, 1.82) is 0 Å². The number of imidazole rings is 1. The number of benzene rings is 2. The second-order valence-electron chi connectivity index (χ2n) is 7.48. The predicted molar refractivity (Wildman–Crippen MR) is 117 cm³/mol. The second-order valence-corrected chi connectivity index (χ2v) is 9.63. The molecule has 160 valence electrons. The highest BCUT2D eigenvalue weighted by Gasteiger charge is 2.20. The first-order valence-corrected chi connectivity index (χ1v) is 11.0. The van der Waals surface area contributed by atoms with Gasteiger partial charge >= 0.3 is 5.69 Å². The highest BCUT2D eigenvalue weighted by atomic mass is 32.2. The van der Waals surface area contributed by atoms with Crippen LogP contribution in [0.4, 0.5) is 5.69 Å². The van der Waals surface area contributed by atoms with E-state index in [2.05, 4.69) is 5.32 Å². The Labute approximate surface area is 175 Å². The molecule has 1 aromatic heterocycles. The van der Waals surface area contributed by atoms with Crippen LogP contribution < -0.4 is 11.0 Å². The van der Waals surface area contributed by atoms with Gasteiger partial charge < -0.3 is 5.32 Å². The minimum atomic E-state index is -3.62. The monoisotopic (exact) mass is 430 g/mol. The molecular weight excluding hydrogens is 404 g/mol. The lowest BCUT2D eigenvalue weighted by atomic mass is 10.1. The molecule has 1 heterocycles. The number of amides is 1. The molecule has 0 fully saturated rings. The summed E-state index contributed by atoms with van der Waals surface area (Å²) in [5.41, 5.74) is 3.39. The van der Waals surface area contributed by atoms with Crippen molar-refractivity contribution in [3.05, 3.63) is 58.0 Å². The minimum absolute atomic E-state index is 0.0804. The molecule has 0 saturated carbocycles. The molecule has 0 aliphatic rings. The summed E-state index contributed by atoms with van der Waals surface area (Å²) in [6, 6.07) is 10.5. The lowest BCUT2D eigenvalue weighted by molar-refractivity contribution is -0.116. The van der Waals surface area contributed by atoms with E-state index >= 15 is 0 Å². The van der Waals surface area contributed by atoms with E-state index in [1.54, 1.807) is 29.2 Å². The number of para-hydroxylation sites is 2. The van der Waals surface area contributed by atoms with Gasteiger partial charge in [0.1, 0.15) is 0 Å². The van der Waals surface area contributed by atoms with Gasteiger partial charge in [-0.3, -0.25) is 13.9 Å². The van der Waals surface area contributed by atoms with Gasteiger partial charge in [0, 0.05) is 39.8 Å². The number of aryl methyl sites for hydroxylation is 3. The van der Waals surface area contributed by atoms with Gasteiger partial charge in [-0.25, -0.2) is 17.5 Å². The molecule has 2 aromatic carbocycles. The van der Waals surface area contributed by atoms with Gasteiger partial charge in [0.25, 0.3) is 0 Å². The number of sulfonamides is 1. The third kappa shape index (κ3) is 3.90. The molecule has 0 aliphatic carbocycles. The summed E-state index contributed by atoms with van der Waals surface area (Å²) in [6.45, 7) is 3.85. The average Bonchev–Trinajstić information content (AvgIpc) is 2.94. The van der Waals surface area contributed by atoms with Crippen molar-refractivity contribution in [2.45, 2.75) is 31.7 Å².